The number of rotatable bonds is 10. The van der Waals surface area contributed by atoms with Crippen molar-refractivity contribution in [3.63, 3.8) is 0 Å². The first kappa shape index (κ1) is 14.0. The van der Waals surface area contributed by atoms with Gasteiger partial charge < -0.3 is 9.47 Å². The Morgan fingerprint density at radius 2 is 2.13 bits per heavy atom. The standard InChI is InChI=1S/C9H14O5S/c1-8(12)2-3-15-5-9(14-7-11)4-13-6-10/h6-7,9H,2-5H2,1H3. The topological polar surface area (TPSA) is 69.7 Å². The van der Waals surface area contributed by atoms with Crippen molar-refractivity contribution in [3.05, 3.63) is 0 Å². The molecule has 0 aromatic rings. The molecule has 0 rings (SSSR count). The maximum absolute atomic E-state index is 10.6. The van der Waals surface area contributed by atoms with Crippen LogP contribution in [0.5, 0.6) is 0 Å². The number of carbonyl (C=O) groups is 3. The van der Waals surface area contributed by atoms with Crippen molar-refractivity contribution >= 4 is 30.5 Å². The average Bonchev–Trinajstić information content (AvgIpc) is 2.20. The van der Waals surface area contributed by atoms with Crippen molar-refractivity contribution in [3.8, 4) is 0 Å². The number of thioether (sulfide) groups is 1. The highest BCUT2D eigenvalue weighted by Crippen LogP contribution is 2.07. The first-order valence-electron chi connectivity index (χ1n) is 4.42. The third kappa shape index (κ3) is 9.27. The van der Waals surface area contributed by atoms with E-state index in [1.807, 2.05) is 0 Å². The zero-order valence-corrected chi connectivity index (χ0v) is 9.33. The van der Waals surface area contributed by atoms with Crippen LogP contribution in [0.25, 0.3) is 0 Å². The highest BCUT2D eigenvalue weighted by atomic mass is 32.2. The molecule has 0 aromatic carbocycles. The fourth-order valence-corrected chi connectivity index (χ4v) is 1.82. The second-order valence-electron chi connectivity index (χ2n) is 2.81. The molecule has 1 unspecified atom stereocenters. The van der Waals surface area contributed by atoms with Gasteiger partial charge in [0.15, 0.2) is 0 Å². The molecule has 86 valence electrons. The summed E-state index contributed by atoms with van der Waals surface area (Å²) in [5.74, 6) is 1.31. The molecule has 5 nitrogen and oxygen atoms in total. The minimum absolute atomic E-state index is 0.0509. The predicted molar refractivity (Wildman–Crippen MR) is 55.6 cm³/mol. The predicted octanol–water partition coefficient (Wildman–Crippen LogP) is 0.413. The molecule has 0 aliphatic heterocycles. The first-order chi connectivity index (χ1) is 7.20. The van der Waals surface area contributed by atoms with Crippen LogP contribution in [0.15, 0.2) is 0 Å². The number of carbonyl (C=O) groups excluding carboxylic acids is 3. The smallest absolute Gasteiger partial charge is 0.293 e. The van der Waals surface area contributed by atoms with E-state index in [-0.39, 0.29) is 12.4 Å². The van der Waals surface area contributed by atoms with E-state index in [1.54, 1.807) is 0 Å². The molecule has 0 aliphatic rings. The molecule has 15 heavy (non-hydrogen) atoms. The Balaban J connectivity index is 3.59. The number of ketones is 1. The summed E-state index contributed by atoms with van der Waals surface area (Å²) in [7, 11) is 0. The molecule has 0 saturated heterocycles. The van der Waals surface area contributed by atoms with E-state index in [0.29, 0.717) is 30.9 Å². The number of Topliss-reactive ketones (excluding diaryl/α,β-unsaturated/α-hetero) is 1. The lowest BCUT2D eigenvalue weighted by Crippen LogP contribution is -2.22. The normalized spacial score (nSPS) is 11.5. The Labute approximate surface area is 92.5 Å². The van der Waals surface area contributed by atoms with Crippen LogP contribution < -0.4 is 0 Å². The van der Waals surface area contributed by atoms with Gasteiger partial charge in [0.25, 0.3) is 12.9 Å². The average molecular weight is 234 g/mol. The molecule has 0 fully saturated rings. The minimum atomic E-state index is -0.440. The quantitative estimate of drug-likeness (QED) is 0.403. The van der Waals surface area contributed by atoms with Gasteiger partial charge in [-0.3, -0.25) is 14.4 Å². The van der Waals surface area contributed by atoms with Gasteiger partial charge in [-0.25, -0.2) is 0 Å². The summed E-state index contributed by atoms with van der Waals surface area (Å²) in [5, 5.41) is 0. The Morgan fingerprint density at radius 3 is 2.67 bits per heavy atom. The van der Waals surface area contributed by atoms with Crippen LogP contribution in [0, 0.1) is 0 Å². The molecule has 0 amide bonds. The van der Waals surface area contributed by atoms with Crippen molar-refractivity contribution in [2.75, 3.05) is 18.1 Å². The van der Waals surface area contributed by atoms with E-state index < -0.39 is 6.10 Å². The third-order valence-corrected chi connectivity index (χ3v) is 2.60. The lowest BCUT2D eigenvalue weighted by Gasteiger charge is -2.12. The van der Waals surface area contributed by atoms with Crippen molar-refractivity contribution < 1.29 is 23.9 Å². The summed E-state index contributed by atoms with van der Waals surface area (Å²) in [6.07, 6.45) is 0.0529. The van der Waals surface area contributed by atoms with E-state index in [0.717, 1.165) is 0 Å². The second kappa shape index (κ2) is 9.51. The third-order valence-electron chi connectivity index (χ3n) is 1.50. The highest BCUT2D eigenvalue weighted by molar-refractivity contribution is 7.99. The number of hydrogen-bond acceptors (Lipinski definition) is 6. The van der Waals surface area contributed by atoms with Crippen LogP contribution in [0.1, 0.15) is 13.3 Å². The van der Waals surface area contributed by atoms with E-state index >= 15 is 0 Å². The summed E-state index contributed by atoms with van der Waals surface area (Å²) in [4.78, 5) is 30.6. The number of hydrogen-bond donors (Lipinski definition) is 0. The Bertz CT molecular complexity index is 207. The summed E-state index contributed by atoms with van der Waals surface area (Å²) >= 11 is 1.48. The number of ether oxygens (including phenoxy) is 2. The van der Waals surface area contributed by atoms with Crippen LogP contribution in [0.4, 0.5) is 0 Å². The first-order valence-corrected chi connectivity index (χ1v) is 5.57. The SMILES string of the molecule is CC(=O)CCSCC(COC=O)OC=O. The molecule has 0 radical (unpaired) electrons. The molecule has 0 N–H and O–H groups in total. The fourth-order valence-electron chi connectivity index (χ4n) is 0.783. The van der Waals surface area contributed by atoms with Crippen molar-refractivity contribution in [1.29, 1.82) is 0 Å². The molecule has 1 atom stereocenters. The Kier molecular flexibility index (Phi) is 8.85. The van der Waals surface area contributed by atoms with Gasteiger partial charge in [0.2, 0.25) is 0 Å². The maximum atomic E-state index is 10.6. The molecule has 0 heterocycles. The fraction of sp³-hybridized carbons (Fsp3) is 0.667. The largest absolute Gasteiger partial charge is 0.464 e. The van der Waals surface area contributed by atoms with Crippen molar-refractivity contribution in [2.45, 2.75) is 19.4 Å². The van der Waals surface area contributed by atoms with Gasteiger partial charge >= 0.3 is 0 Å². The molecular weight excluding hydrogens is 220 g/mol. The van der Waals surface area contributed by atoms with E-state index in [1.165, 1.54) is 18.7 Å². The zero-order chi connectivity index (χ0) is 11.5. The molecule has 0 saturated carbocycles. The van der Waals surface area contributed by atoms with Crippen LogP contribution in [0.2, 0.25) is 0 Å². The molecular formula is C9H14O5S. The van der Waals surface area contributed by atoms with Gasteiger partial charge in [-0.05, 0) is 6.92 Å². The van der Waals surface area contributed by atoms with Crippen LogP contribution in [-0.2, 0) is 23.9 Å². The lowest BCUT2D eigenvalue weighted by atomic mass is 10.4. The van der Waals surface area contributed by atoms with Crippen LogP contribution in [-0.4, -0.2) is 42.9 Å². The van der Waals surface area contributed by atoms with Gasteiger partial charge in [-0.2, -0.15) is 11.8 Å². The zero-order valence-electron chi connectivity index (χ0n) is 8.51. The Morgan fingerprint density at radius 1 is 1.40 bits per heavy atom. The van der Waals surface area contributed by atoms with Crippen LogP contribution >= 0.6 is 11.8 Å². The van der Waals surface area contributed by atoms with Gasteiger partial charge in [-0.15, -0.1) is 0 Å². The molecule has 0 aliphatic carbocycles. The van der Waals surface area contributed by atoms with Gasteiger partial charge in [0.05, 0.1) is 0 Å². The molecule has 0 bridgehead atoms. The molecule has 0 aromatic heterocycles. The van der Waals surface area contributed by atoms with E-state index in [4.69, 9.17) is 0 Å². The monoisotopic (exact) mass is 234 g/mol. The van der Waals surface area contributed by atoms with Gasteiger partial charge in [0, 0.05) is 17.9 Å². The Hall–Kier alpha value is -1.04. The van der Waals surface area contributed by atoms with Crippen LogP contribution in [0.3, 0.4) is 0 Å². The summed E-state index contributed by atoms with van der Waals surface area (Å²) in [5.41, 5.74) is 0. The second-order valence-corrected chi connectivity index (χ2v) is 3.96. The van der Waals surface area contributed by atoms with Gasteiger partial charge in [0.1, 0.15) is 18.5 Å². The van der Waals surface area contributed by atoms with Gasteiger partial charge in [-0.1, -0.05) is 0 Å². The molecule has 0 spiro atoms. The maximum Gasteiger partial charge on any atom is 0.293 e. The summed E-state index contributed by atoms with van der Waals surface area (Å²) in [6.45, 7) is 2.20. The van der Waals surface area contributed by atoms with Crippen molar-refractivity contribution in [1.82, 2.24) is 0 Å². The van der Waals surface area contributed by atoms with E-state index in [9.17, 15) is 14.4 Å². The summed E-state index contributed by atoms with van der Waals surface area (Å²) < 4.78 is 9.16. The lowest BCUT2D eigenvalue weighted by molar-refractivity contribution is -0.141. The van der Waals surface area contributed by atoms with Crippen molar-refractivity contribution in [2.24, 2.45) is 0 Å². The minimum Gasteiger partial charge on any atom is -0.464 e. The van der Waals surface area contributed by atoms with E-state index in [2.05, 4.69) is 9.47 Å². The molecule has 6 heteroatoms. The highest BCUT2D eigenvalue weighted by Gasteiger charge is 2.09. The summed E-state index contributed by atoms with van der Waals surface area (Å²) in [6, 6.07) is 0.